The van der Waals surface area contributed by atoms with E-state index in [1.807, 2.05) is 12.3 Å². The van der Waals surface area contributed by atoms with E-state index in [1.54, 1.807) is 13.0 Å². The lowest BCUT2D eigenvalue weighted by molar-refractivity contribution is -0.117. The highest BCUT2D eigenvalue weighted by Gasteiger charge is 2.13. The van der Waals surface area contributed by atoms with Gasteiger partial charge in [0, 0.05) is 23.9 Å². The summed E-state index contributed by atoms with van der Waals surface area (Å²) in [5.74, 6) is 0.605. The molecule has 0 aromatic carbocycles. The molecule has 1 aromatic rings. The van der Waals surface area contributed by atoms with Gasteiger partial charge in [0.05, 0.1) is 0 Å². The highest BCUT2D eigenvalue weighted by Crippen LogP contribution is 2.27. The van der Waals surface area contributed by atoms with E-state index in [0.717, 1.165) is 17.7 Å². The summed E-state index contributed by atoms with van der Waals surface area (Å²) in [6.45, 7) is 11.3. The van der Waals surface area contributed by atoms with Gasteiger partial charge in [0.25, 0.3) is 0 Å². The first-order chi connectivity index (χ1) is 7.60. The van der Waals surface area contributed by atoms with Crippen LogP contribution in [0.5, 0.6) is 0 Å². The van der Waals surface area contributed by atoms with Crippen LogP contribution in [-0.4, -0.2) is 10.8 Å². The van der Waals surface area contributed by atoms with Crippen molar-refractivity contribution in [2.45, 2.75) is 32.6 Å². The van der Waals surface area contributed by atoms with Gasteiger partial charge in [-0.1, -0.05) is 26.2 Å². The van der Waals surface area contributed by atoms with Crippen molar-refractivity contribution in [2.24, 2.45) is 0 Å². The lowest BCUT2D eigenvalue weighted by Gasteiger charge is -2.10. The molecule has 0 saturated carbocycles. The second-order valence-electron chi connectivity index (χ2n) is 4.12. The fourth-order valence-corrected chi connectivity index (χ4v) is 1.85. The van der Waals surface area contributed by atoms with Crippen LogP contribution in [0.1, 0.15) is 49.4 Å². The number of hydrogen-bond donors (Lipinski definition) is 1. The molecule has 1 heterocycles. The van der Waals surface area contributed by atoms with Gasteiger partial charge in [-0.3, -0.25) is 0 Å². The highest BCUT2D eigenvalue weighted by atomic mass is 16.1. The molecule has 1 rings (SSSR count). The van der Waals surface area contributed by atoms with E-state index in [-0.39, 0.29) is 5.78 Å². The summed E-state index contributed by atoms with van der Waals surface area (Å²) in [5, 5.41) is 0. The maximum atomic E-state index is 11.0. The third kappa shape index (κ3) is 2.72. The molecule has 0 aliphatic rings. The van der Waals surface area contributed by atoms with E-state index in [0.29, 0.717) is 12.3 Å². The third-order valence-electron chi connectivity index (χ3n) is 2.85. The first kappa shape index (κ1) is 12.5. The Labute approximate surface area is 97.1 Å². The zero-order chi connectivity index (χ0) is 12.1. The molecular weight excluding hydrogens is 198 g/mol. The fourth-order valence-electron chi connectivity index (χ4n) is 1.85. The number of carbonyl (C=O) groups is 1. The van der Waals surface area contributed by atoms with Crippen molar-refractivity contribution in [1.82, 2.24) is 4.98 Å². The molecule has 1 atom stereocenters. The number of Topliss-reactive ketones (excluding diaryl/α,β-unsaturated/α-hetero) is 1. The standard InChI is InChI=1S/C14H19NO/c1-5-12-13(9-15-14(12)6-2)10(3)7-8-11(4)16/h5-6,9-10,15H,1-2,7-8H2,3-4H3. The lowest BCUT2D eigenvalue weighted by atomic mass is 9.93. The van der Waals surface area contributed by atoms with E-state index >= 15 is 0 Å². The first-order valence-corrected chi connectivity index (χ1v) is 5.55. The molecule has 2 nitrogen and oxygen atoms in total. The van der Waals surface area contributed by atoms with Crippen molar-refractivity contribution in [1.29, 1.82) is 0 Å². The average molecular weight is 217 g/mol. The van der Waals surface area contributed by atoms with Gasteiger partial charge in [-0.25, -0.2) is 0 Å². The topological polar surface area (TPSA) is 32.9 Å². The highest BCUT2D eigenvalue weighted by molar-refractivity contribution is 5.75. The SMILES string of the molecule is C=Cc1[nH]cc(C(C)CCC(C)=O)c1C=C. The Bertz CT molecular complexity index is 401. The minimum Gasteiger partial charge on any atom is -0.361 e. The monoisotopic (exact) mass is 217 g/mol. The Morgan fingerprint density at radius 3 is 2.69 bits per heavy atom. The largest absolute Gasteiger partial charge is 0.361 e. The lowest BCUT2D eigenvalue weighted by Crippen LogP contribution is -1.98. The van der Waals surface area contributed by atoms with E-state index in [4.69, 9.17) is 0 Å². The molecule has 16 heavy (non-hydrogen) atoms. The van der Waals surface area contributed by atoms with E-state index in [1.165, 1.54) is 5.56 Å². The summed E-state index contributed by atoms with van der Waals surface area (Å²) in [5.41, 5.74) is 3.32. The smallest absolute Gasteiger partial charge is 0.129 e. The normalized spacial score (nSPS) is 12.1. The van der Waals surface area contributed by atoms with Gasteiger partial charge < -0.3 is 9.78 Å². The second-order valence-corrected chi connectivity index (χ2v) is 4.12. The number of rotatable bonds is 6. The molecular formula is C14H19NO. The van der Waals surface area contributed by atoms with Crippen LogP contribution in [0.2, 0.25) is 0 Å². The Hall–Kier alpha value is -1.57. The van der Waals surface area contributed by atoms with Crippen molar-refractivity contribution in [3.63, 3.8) is 0 Å². The molecule has 0 spiro atoms. The molecule has 0 fully saturated rings. The van der Waals surface area contributed by atoms with Gasteiger partial charge in [-0.2, -0.15) is 0 Å². The van der Waals surface area contributed by atoms with Gasteiger partial charge in [-0.15, -0.1) is 0 Å². The number of aromatic nitrogens is 1. The van der Waals surface area contributed by atoms with Gasteiger partial charge in [0.15, 0.2) is 0 Å². The Morgan fingerprint density at radius 1 is 1.50 bits per heavy atom. The van der Waals surface area contributed by atoms with Crippen molar-refractivity contribution < 1.29 is 4.79 Å². The molecule has 0 radical (unpaired) electrons. The van der Waals surface area contributed by atoms with Crippen LogP contribution in [0.3, 0.4) is 0 Å². The zero-order valence-corrected chi connectivity index (χ0v) is 10.0. The Morgan fingerprint density at radius 2 is 2.19 bits per heavy atom. The number of carbonyl (C=O) groups excluding carboxylic acids is 1. The molecule has 0 aliphatic heterocycles. The molecule has 0 aliphatic carbocycles. The number of nitrogens with one attached hydrogen (secondary N) is 1. The summed E-state index contributed by atoms with van der Waals surface area (Å²) < 4.78 is 0. The van der Waals surface area contributed by atoms with E-state index in [2.05, 4.69) is 25.1 Å². The molecule has 0 bridgehead atoms. The quantitative estimate of drug-likeness (QED) is 0.773. The summed E-state index contributed by atoms with van der Waals surface area (Å²) in [4.78, 5) is 14.1. The summed E-state index contributed by atoms with van der Waals surface area (Å²) in [6.07, 6.45) is 7.13. The number of ketones is 1. The maximum Gasteiger partial charge on any atom is 0.129 e. The molecule has 1 unspecified atom stereocenters. The van der Waals surface area contributed by atoms with Crippen LogP contribution in [0.4, 0.5) is 0 Å². The van der Waals surface area contributed by atoms with E-state index in [9.17, 15) is 4.79 Å². The fraction of sp³-hybridized carbons (Fsp3) is 0.357. The maximum absolute atomic E-state index is 11.0. The zero-order valence-electron chi connectivity index (χ0n) is 10.0. The van der Waals surface area contributed by atoms with Crippen molar-refractivity contribution in [2.75, 3.05) is 0 Å². The van der Waals surface area contributed by atoms with Crippen molar-refractivity contribution in [3.8, 4) is 0 Å². The van der Waals surface area contributed by atoms with E-state index < -0.39 is 0 Å². The van der Waals surface area contributed by atoms with Crippen LogP contribution < -0.4 is 0 Å². The Kier molecular flexibility index (Phi) is 4.29. The second kappa shape index (κ2) is 5.50. The van der Waals surface area contributed by atoms with Gasteiger partial charge in [-0.05, 0) is 30.9 Å². The van der Waals surface area contributed by atoms with Crippen LogP contribution in [0, 0.1) is 0 Å². The Balaban J connectivity index is 2.86. The van der Waals surface area contributed by atoms with Gasteiger partial charge in [0.1, 0.15) is 5.78 Å². The molecule has 1 aromatic heterocycles. The molecule has 0 amide bonds. The minimum absolute atomic E-state index is 0.242. The predicted octanol–water partition coefficient (Wildman–Crippen LogP) is 3.77. The summed E-state index contributed by atoms with van der Waals surface area (Å²) >= 11 is 0. The first-order valence-electron chi connectivity index (χ1n) is 5.55. The third-order valence-corrected chi connectivity index (χ3v) is 2.85. The van der Waals surface area contributed by atoms with Crippen molar-refractivity contribution in [3.05, 3.63) is 36.2 Å². The van der Waals surface area contributed by atoms with Crippen LogP contribution in [0.25, 0.3) is 12.2 Å². The average Bonchev–Trinajstić information content (AvgIpc) is 2.68. The van der Waals surface area contributed by atoms with Crippen LogP contribution in [0.15, 0.2) is 19.4 Å². The minimum atomic E-state index is 0.242. The number of H-pyrrole nitrogens is 1. The predicted molar refractivity (Wildman–Crippen MR) is 69.3 cm³/mol. The summed E-state index contributed by atoms with van der Waals surface area (Å²) in [6, 6.07) is 0. The molecule has 2 heteroatoms. The number of hydrogen-bond acceptors (Lipinski definition) is 1. The molecule has 0 saturated heterocycles. The van der Waals surface area contributed by atoms with Crippen molar-refractivity contribution >= 4 is 17.9 Å². The summed E-state index contributed by atoms with van der Waals surface area (Å²) in [7, 11) is 0. The van der Waals surface area contributed by atoms with Gasteiger partial charge in [0.2, 0.25) is 0 Å². The van der Waals surface area contributed by atoms with Gasteiger partial charge >= 0.3 is 0 Å². The molecule has 86 valence electrons. The van der Waals surface area contributed by atoms with Crippen LogP contribution in [-0.2, 0) is 4.79 Å². The number of aromatic amines is 1. The van der Waals surface area contributed by atoms with Crippen LogP contribution >= 0.6 is 0 Å². The molecule has 1 N–H and O–H groups in total.